The Labute approximate surface area is 183 Å². The van der Waals surface area contributed by atoms with E-state index in [-0.39, 0.29) is 11.5 Å². The minimum absolute atomic E-state index is 0.0275. The highest BCUT2D eigenvalue weighted by Crippen LogP contribution is 2.34. The van der Waals surface area contributed by atoms with Gasteiger partial charge in [0, 0.05) is 15.7 Å². The average Bonchev–Trinajstić information content (AvgIpc) is 2.68. The molecule has 0 bridgehead atoms. The molecule has 1 fully saturated rings. The molecule has 1 aliphatic rings. The van der Waals surface area contributed by atoms with E-state index in [0.29, 0.717) is 21.3 Å². The number of rotatable bonds is 4. The number of halogens is 2. The molecule has 0 spiro atoms. The third kappa shape index (κ3) is 4.13. The average molecular weight is 448 g/mol. The predicted octanol–water partition coefficient (Wildman–Crippen LogP) is 4.61. The van der Waals surface area contributed by atoms with Crippen LogP contribution in [-0.4, -0.2) is 33.3 Å². The van der Waals surface area contributed by atoms with Crippen molar-refractivity contribution in [2.75, 3.05) is 5.32 Å². The molecule has 156 valence electrons. The number of oxime groups is 1. The van der Waals surface area contributed by atoms with Gasteiger partial charge in [-0.25, -0.2) is 0 Å². The molecule has 0 aromatic heterocycles. The zero-order valence-electron chi connectivity index (χ0n) is 16.2. The fraction of sp³-hybridized carbons (Fsp3) is 0.190. The number of nitrogens with one attached hydrogen (secondary N) is 1. The maximum Gasteiger partial charge on any atom is 0.270 e. The number of anilines is 1. The summed E-state index contributed by atoms with van der Waals surface area (Å²) in [7, 11) is 0. The Bertz CT molecular complexity index is 1020. The van der Waals surface area contributed by atoms with Gasteiger partial charge in [-0.05, 0) is 37.6 Å². The minimum atomic E-state index is -1.46. The van der Waals surface area contributed by atoms with Crippen LogP contribution in [0.4, 0.5) is 5.69 Å². The summed E-state index contributed by atoms with van der Waals surface area (Å²) < 4.78 is 0. The highest BCUT2D eigenvalue weighted by atomic mass is 35.5. The maximum atomic E-state index is 13.3. The smallest absolute Gasteiger partial charge is 0.270 e. The number of benzene rings is 2. The Hall–Kier alpha value is -3.03. The zero-order chi connectivity index (χ0) is 22.1. The molecule has 0 radical (unpaired) electrons. The number of hydrogen-bond acceptors (Lipinski definition) is 5. The van der Waals surface area contributed by atoms with E-state index in [9.17, 15) is 14.8 Å². The molecule has 2 amide bonds. The third-order valence-corrected chi connectivity index (χ3v) is 5.07. The van der Waals surface area contributed by atoms with Crippen molar-refractivity contribution in [3.63, 3.8) is 0 Å². The lowest BCUT2D eigenvalue weighted by Gasteiger charge is -2.41. The van der Waals surface area contributed by atoms with Crippen LogP contribution >= 0.6 is 23.2 Å². The summed E-state index contributed by atoms with van der Waals surface area (Å²) in [4.78, 5) is 31.8. The first kappa shape index (κ1) is 21.7. The molecule has 30 heavy (non-hydrogen) atoms. The highest BCUT2D eigenvalue weighted by Gasteiger charge is 2.49. The van der Waals surface area contributed by atoms with Crippen molar-refractivity contribution >= 4 is 46.4 Å². The Morgan fingerprint density at radius 1 is 1.20 bits per heavy atom. The predicted molar refractivity (Wildman–Crippen MR) is 115 cm³/mol. The second kappa shape index (κ2) is 8.38. The lowest BCUT2D eigenvalue weighted by Crippen LogP contribution is -2.59. The Morgan fingerprint density at radius 2 is 1.80 bits per heavy atom. The summed E-state index contributed by atoms with van der Waals surface area (Å²) in [5.41, 5.74) is -0.544. The normalized spacial score (nSPS) is 18.3. The van der Waals surface area contributed by atoms with Crippen LogP contribution in [0.1, 0.15) is 25.3 Å². The molecule has 2 aromatic carbocycles. The number of hydrogen-bond donors (Lipinski definition) is 2. The standard InChI is InChI=1S/C21H19Cl2N3O4/c1-12-18(25-29)17(13-7-5-4-6-8-13)19(27)26(30-12)21(2,3)20(28)24-16-10-14(22)9-15(23)11-16/h4-11,17,29H,1H2,2-3H3,(H,24,28). The van der Waals surface area contributed by atoms with Gasteiger partial charge in [0.2, 0.25) is 0 Å². The molecule has 0 saturated carbocycles. The minimum Gasteiger partial charge on any atom is -0.411 e. The van der Waals surface area contributed by atoms with Crippen molar-refractivity contribution in [3.8, 4) is 0 Å². The van der Waals surface area contributed by atoms with Crippen LogP contribution < -0.4 is 5.32 Å². The van der Waals surface area contributed by atoms with Gasteiger partial charge in [-0.1, -0.05) is 65.3 Å². The van der Waals surface area contributed by atoms with Gasteiger partial charge in [0.15, 0.2) is 11.3 Å². The number of allylic oxidation sites excluding steroid dienone is 1. The van der Waals surface area contributed by atoms with Gasteiger partial charge < -0.3 is 15.4 Å². The van der Waals surface area contributed by atoms with E-state index in [2.05, 4.69) is 17.1 Å². The molecular weight excluding hydrogens is 429 g/mol. The van der Waals surface area contributed by atoms with Gasteiger partial charge in [0.05, 0.1) is 0 Å². The second-order valence-corrected chi connectivity index (χ2v) is 8.02. The van der Waals surface area contributed by atoms with Gasteiger partial charge in [-0.2, -0.15) is 5.06 Å². The molecule has 2 N–H and O–H groups in total. The highest BCUT2D eigenvalue weighted by molar-refractivity contribution is 6.35. The molecule has 1 unspecified atom stereocenters. The van der Waals surface area contributed by atoms with Crippen LogP contribution in [-0.2, 0) is 14.4 Å². The van der Waals surface area contributed by atoms with Crippen LogP contribution in [0, 0.1) is 0 Å². The molecule has 1 atom stereocenters. The van der Waals surface area contributed by atoms with Crippen LogP contribution in [0.2, 0.25) is 10.0 Å². The molecule has 1 heterocycles. The van der Waals surface area contributed by atoms with E-state index in [1.807, 2.05) is 0 Å². The monoisotopic (exact) mass is 447 g/mol. The fourth-order valence-corrected chi connectivity index (χ4v) is 3.57. The van der Waals surface area contributed by atoms with Crippen molar-refractivity contribution in [1.82, 2.24) is 5.06 Å². The van der Waals surface area contributed by atoms with Gasteiger partial charge in [-0.15, -0.1) is 0 Å². The molecule has 7 nitrogen and oxygen atoms in total. The van der Waals surface area contributed by atoms with Gasteiger partial charge in [-0.3, -0.25) is 9.59 Å². The molecule has 3 rings (SSSR count). The first-order chi connectivity index (χ1) is 14.1. The van der Waals surface area contributed by atoms with Crippen molar-refractivity contribution in [3.05, 3.63) is 76.5 Å². The quantitative estimate of drug-likeness (QED) is 0.528. The maximum absolute atomic E-state index is 13.3. The van der Waals surface area contributed by atoms with Crippen LogP contribution in [0.3, 0.4) is 0 Å². The van der Waals surface area contributed by atoms with Crippen molar-refractivity contribution in [2.45, 2.75) is 25.3 Å². The summed E-state index contributed by atoms with van der Waals surface area (Å²) in [6, 6.07) is 13.3. The Kier molecular flexibility index (Phi) is 6.05. The summed E-state index contributed by atoms with van der Waals surface area (Å²) in [6.45, 7) is 6.77. The number of carbonyl (C=O) groups excluding carboxylic acids is 2. The van der Waals surface area contributed by atoms with Gasteiger partial charge in [0.25, 0.3) is 11.8 Å². The lowest BCUT2D eigenvalue weighted by molar-refractivity contribution is -0.201. The number of amides is 2. The van der Waals surface area contributed by atoms with E-state index in [4.69, 9.17) is 28.0 Å². The van der Waals surface area contributed by atoms with Crippen LogP contribution in [0.5, 0.6) is 0 Å². The molecule has 0 aliphatic carbocycles. The SMILES string of the molecule is C=C1ON(C(C)(C)C(=O)Nc2cc(Cl)cc(Cl)c2)C(=O)C(c2ccccc2)C1=NO. The first-order valence-corrected chi connectivity index (χ1v) is 9.66. The summed E-state index contributed by atoms with van der Waals surface area (Å²) >= 11 is 12.0. The van der Waals surface area contributed by atoms with E-state index in [1.54, 1.807) is 30.3 Å². The number of nitrogens with zero attached hydrogens (tertiary/aromatic N) is 2. The Morgan fingerprint density at radius 3 is 2.37 bits per heavy atom. The fourth-order valence-electron chi connectivity index (χ4n) is 3.05. The van der Waals surface area contributed by atoms with E-state index in [0.717, 1.165) is 5.06 Å². The van der Waals surface area contributed by atoms with Gasteiger partial charge in [0.1, 0.15) is 11.6 Å². The van der Waals surface area contributed by atoms with Crippen molar-refractivity contribution in [1.29, 1.82) is 0 Å². The van der Waals surface area contributed by atoms with E-state index >= 15 is 0 Å². The van der Waals surface area contributed by atoms with Crippen molar-refractivity contribution < 1.29 is 19.6 Å². The topological polar surface area (TPSA) is 91.2 Å². The number of carbonyl (C=O) groups is 2. The first-order valence-electron chi connectivity index (χ1n) is 8.91. The second-order valence-electron chi connectivity index (χ2n) is 7.15. The summed E-state index contributed by atoms with van der Waals surface area (Å²) in [5, 5.41) is 16.9. The van der Waals surface area contributed by atoms with Crippen LogP contribution in [0.15, 0.2) is 66.0 Å². The van der Waals surface area contributed by atoms with Crippen molar-refractivity contribution in [2.24, 2.45) is 5.16 Å². The lowest BCUT2D eigenvalue weighted by atomic mass is 9.89. The van der Waals surface area contributed by atoms with E-state index in [1.165, 1.54) is 32.0 Å². The van der Waals surface area contributed by atoms with E-state index < -0.39 is 23.3 Å². The Balaban J connectivity index is 1.93. The van der Waals surface area contributed by atoms with Crippen LogP contribution in [0.25, 0.3) is 0 Å². The molecule has 1 aliphatic heterocycles. The third-order valence-electron chi connectivity index (χ3n) is 4.63. The summed E-state index contributed by atoms with van der Waals surface area (Å²) in [5.74, 6) is -2.15. The van der Waals surface area contributed by atoms with Gasteiger partial charge >= 0.3 is 0 Å². The number of hydroxylamine groups is 2. The molecule has 9 heteroatoms. The summed E-state index contributed by atoms with van der Waals surface area (Å²) in [6.07, 6.45) is 0. The zero-order valence-corrected chi connectivity index (χ0v) is 17.7. The molecule has 2 aromatic rings. The largest absolute Gasteiger partial charge is 0.411 e. The molecular formula is C21H19Cl2N3O4. The molecule has 1 saturated heterocycles.